The van der Waals surface area contributed by atoms with Gasteiger partial charge in [0.15, 0.2) is 0 Å². The zero-order valence-corrected chi connectivity index (χ0v) is 13.6. The lowest BCUT2D eigenvalue weighted by atomic mass is 10.1. The Labute approximate surface area is 128 Å². The molecule has 0 aliphatic heterocycles. The fourth-order valence-corrected chi connectivity index (χ4v) is 2.54. The van der Waals surface area contributed by atoms with Crippen molar-refractivity contribution in [2.24, 2.45) is 5.73 Å². The first-order chi connectivity index (χ1) is 10.3. The molecule has 0 fully saturated rings. The molecule has 2 N–H and O–H groups in total. The summed E-state index contributed by atoms with van der Waals surface area (Å²) in [6, 6.07) is 0.172. The van der Waals surface area contributed by atoms with E-state index in [9.17, 15) is 0 Å². The van der Waals surface area contributed by atoms with Crippen molar-refractivity contribution in [3.05, 3.63) is 18.2 Å². The Hall–Kier alpha value is -0.950. The van der Waals surface area contributed by atoms with E-state index in [0.29, 0.717) is 13.2 Å². The van der Waals surface area contributed by atoms with Crippen LogP contribution in [0.3, 0.4) is 0 Å². The highest BCUT2D eigenvalue weighted by atomic mass is 16.5. The summed E-state index contributed by atoms with van der Waals surface area (Å²) < 4.78 is 12.6. The second kappa shape index (κ2) is 10.7. The van der Waals surface area contributed by atoms with Crippen LogP contribution in [0.25, 0.3) is 0 Å². The van der Waals surface area contributed by atoms with Gasteiger partial charge in [-0.25, -0.2) is 4.98 Å². The van der Waals surface area contributed by atoms with Crippen molar-refractivity contribution in [3.63, 3.8) is 0 Å². The fourth-order valence-electron chi connectivity index (χ4n) is 2.54. The number of ether oxygens (including phenoxy) is 2. The van der Waals surface area contributed by atoms with E-state index in [2.05, 4.69) is 21.4 Å². The van der Waals surface area contributed by atoms with E-state index in [1.807, 2.05) is 12.5 Å². The van der Waals surface area contributed by atoms with Crippen LogP contribution in [0.2, 0.25) is 0 Å². The zero-order chi connectivity index (χ0) is 15.5. The maximum Gasteiger partial charge on any atom is 0.0948 e. The maximum atomic E-state index is 6.05. The summed E-state index contributed by atoms with van der Waals surface area (Å²) in [4.78, 5) is 6.66. The number of rotatable bonds is 12. The second-order valence-electron chi connectivity index (χ2n) is 5.14. The van der Waals surface area contributed by atoms with Gasteiger partial charge in [-0.15, -0.1) is 0 Å². The third-order valence-electron chi connectivity index (χ3n) is 3.59. The van der Waals surface area contributed by atoms with Crippen LogP contribution < -0.4 is 5.73 Å². The molecular weight excluding hydrogens is 268 g/mol. The molecule has 0 aliphatic rings. The number of methoxy groups -OCH3 is 2. The highest BCUT2D eigenvalue weighted by Crippen LogP contribution is 2.20. The van der Waals surface area contributed by atoms with Crippen molar-refractivity contribution in [2.45, 2.75) is 32.4 Å². The molecule has 21 heavy (non-hydrogen) atoms. The van der Waals surface area contributed by atoms with Crippen LogP contribution >= 0.6 is 0 Å². The summed E-state index contributed by atoms with van der Waals surface area (Å²) in [6.45, 7) is 6.98. The van der Waals surface area contributed by atoms with Crippen molar-refractivity contribution in [2.75, 3.05) is 47.1 Å². The van der Waals surface area contributed by atoms with Crippen molar-refractivity contribution in [3.8, 4) is 0 Å². The molecule has 122 valence electrons. The third kappa shape index (κ3) is 5.74. The van der Waals surface area contributed by atoms with Crippen LogP contribution in [0, 0.1) is 0 Å². The number of hydrogen-bond acceptors (Lipinski definition) is 5. The summed E-state index contributed by atoms with van der Waals surface area (Å²) in [5, 5.41) is 0. The molecule has 0 amide bonds. The van der Waals surface area contributed by atoms with Gasteiger partial charge in [0.05, 0.1) is 24.7 Å². The predicted octanol–water partition coefficient (Wildman–Crippen LogP) is 1.28. The predicted molar refractivity (Wildman–Crippen MR) is 84.3 cm³/mol. The topological polar surface area (TPSA) is 65.5 Å². The first-order valence-corrected chi connectivity index (χ1v) is 7.70. The quantitative estimate of drug-likeness (QED) is 0.589. The summed E-state index contributed by atoms with van der Waals surface area (Å²) in [6.07, 6.45) is 5.90. The Balaban J connectivity index is 2.80. The second-order valence-corrected chi connectivity index (χ2v) is 5.14. The van der Waals surface area contributed by atoms with Gasteiger partial charge >= 0.3 is 0 Å². The molecule has 0 saturated heterocycles. The average molecular weight is 298 g/mol. The van der Waals surface area contributed by atoms with Gasteiger partial charge < -0.3 is 19.8 Å². The van der Waals surface area contributed by atoms with Crippen LogP contribution in [-0.4, -0.2) is 61.5 Å². The Kier molecular flexibility index (Phi) is 9.25. The van der Waals surface area contributed by atoms with Crippen molar-refractivity contribution >= 4 is 0 Å². The standard InChI is InChI=1S/C15H30N4O2/c1-4-6-19-13-17-12-15(19)14(11-16)18(8-10-21-3)7-5-9-20-2/h12-14H,4-11,16H2,1-3H3. The Morgan fingerprint density at radius 2 is 2.05 bits per heavy atom. The van der Waals surface area contributed by atoms with E-state index in [0.717, 1.165) is 39.1 Å². The molecule has 0 aliphatic carbocycles. The molecule has 1 aromatic heterocycles. The summed E-state index contributed by atoms with van der Waals surface area (Å²) in [7, 11) is 3.46. The average Bonchev–Trinajstić information content (AvgIpc) is 2.94. The molecule has 1 heterocycles. The van der Waals surface area contributed by atoms with Gasteiger partial charge in [-0.3, -0.25) is 4.90 Å². The van der Waals surface area contributed by atoms with E-state index in [1.165, 1.54) is 5.69 Å². The number of hydrogen-bond donors (Lipinski definition) is 1. The molecule has 1 aromatic rings. The molecule has 0 spiro atoms. The largest absolute Gasteiger partial charge is 0.385 e. The lowest BCUT2D eigenvalue weighted by Crippen LogP contribution is -2.38. The number of nitrogens with zero attached hydrogens (tertiary/aromatic N) is 3. The van der Waals surface area contributed by atoms with Gasteiger partial charge in [-0.2, -0.15) is 0 Å². The van der Waals surface area contributed by atoms with Crippen LogP contribution in [-0.2, 0) is 16.0 Å². The first-order valence-electron chi connectivity index (χ1n) is 7.70. The van der Waals surface area contributed by atoms with Gasteiger partial charge in [-0.05, 0) is 12.8 Å². The van der Waals surface area contributed by atoms with E-state index in [-0.39, 0.29) is 6.04 Å². The highest BCUT2D eigenvalue weighted by Gasteiger charge is 2.21. The smallest absolute Gasteiger partial charge is 0.0948 e. The molecule has 0 bridgehead atoms. The lowest BCUT2D eigenvalue weighted by molar-refractivity contribution is 0.105. The number of imidazole rings is 1. The van der Waals surface area contributed by atoms with Gasteiger partial charge in [0.1, 0.15) is 0 Å². The molecule has 1 rings (SSSR count). The summed E-state index contributed by atoms with van der Waals surface area (Å²) in [5.41, 5.74) is 7.24. The minimum absolute atomic E-state index is 0.172. The normalized spacial score (nSPS) is 13.0. The minimum Gasteiger partial charge on any atom is -0.385 e. The fraction of sp³-hybridized carbons (Fsp3) is 0.800. The number of aromatic nitrogens is 2. The third-order valence-corrected chi connectivity index (χ3v) is 3.59. The Bertz CT molecular complexity index is 370. The summed E-state index contributed by atoms with van der Waals surface area (Å²) >= 11 is 0. The SMILES string of the molecule is CCCn1cncc1C(CN)N(CCCOC)CCOC. The monoisotopic (exact) mass is 298 g/mol. The molecule has 6 heteroatoms. The molecule has 1 unspecified atom stereocenters. The zero-order valence-electron chi connectivity index (χ0n) is 13.6. The molecule has 1 atom stereocenters. The molecular formula is C15H30N4O2. The van der Waals surface area contributed by atoms with Gasteiger partial charge in [-0.1, -0.05) is 6.92 Å². The van der Waals surface area contributed by atoms with Crippen molar-refractivity contribution < 1.29 is 9.47 Å². The van der Waals surface area contributed by atoms with Crippen LogP contribution in [0.4, 0.5) is 0 Å². The first kappa shape index (κ1) is 18.1. The highest BCUT2D eigenvalue weighted by molar-refractivity contribution is 5.06. The van der Waals surface area contributed by atoms with Crippen LogP contribution in [0.5, 0.6) is 0 Å². The molecule has 6 nitrogen and oxygen atoms in total. The van der Waals surface area contributed by atoms with Crippen LogP contribution in [0.1, 0.15) is 31.5 Å². The van der Waals surface area contributed by atoms with Gasteiger partial charge in [0.25, 0.3) is 0 Å². The van der Waals surface area contributed by atoms with Crippen molar-refractivity contribution in [1.29, 1.82) is 0 Å². The van der Waals surface area contributed by atoms with Crippen molar-refractivity contribution in [1.82, 2.24) is 14.5 Å². The minimum atomic E-state index is 0.172. The Morgan fingerprint density at radius 3 is 2.67 bits per heavy atom. The molecule has 0 saturated carbocycles. The Morgan fingerprint density at radius 1 is 1.29 bits per heavy atom. The van der Waals surface area contributed by atoms with Gasteiger partial charge in [0.2, 0.25) is 0 Å². The van der Waals surface area contributed by atoms with Crippen LogP contribution in [0.15, 0.2) is 12.5 Å². The molecule has 0 aromatic carbocycles. The maximum absolute atomic E-state index is 6.05. The number of aryl methyl sites for hydroxylation is 1. The summed E-state index contributed by atoms with van der Waals surface area (Å²) in [5.74, 6) is 0. The molecule has 0 radical (unpaired) electrons. The van der Waals surface area contributed by atoms with E-state index >= 15 is 0 Å². The van der Waals surface area contributed by atoms with E-state index in [1.54, 1.807) is 14.2 Å². The van der Waals surface area contributed by atoms with E-state index < -0.39 is 0 Å². The number of nitrogens with two attached hydrogens (primary N) is 1. The lowest BCUT2D eigenvalue weighted by Gasteiger charge is -2.31. The van der Waals surface area contributed by atoms with E-state index in [4.69, 9.17) is 15.2 Å². The van der Waals surface area contributed by atoms with Gasteiger partial charge in [0, 0.05) is 53.2 Å².